The third-order valence-electron chi connectivity index (χ3n) is 4.83. The first kappa shape index (κ1) is 22.9. The largest absolute Gasteiger partial charge is 0.496 e. The topological polar surface area (TPSA) is 78.9 Å². The minimum absolute atomic E-state index is 0.0949. The van der Waals surface area contributed by atoms with E-state index in [0.717, 1.165) is 16.7 Å². The van der Waals surface area contributed by atoms with Crippen LogP contribution in [0.3, 0.4) is 0 Å². The minimum atomic E-state index is -3.96. The smallest absolute Gasteiger partial charge is 0.305 e. The Morgan fingerprint density at radius 1 is 1.00 bits per heavy atom. The summed E-state index contributed by atoms with van der Waals surface area (Å²) < 4.78 is 41.3. The van der Waals surface area contributed by atoms with Crippen LogP contribution in [-0.2, 0) is 23.8 Å². The highest BCUT2D eigenvalue weighted by molar-refractivity contribution is 7.86. The van der Waals surface area contributed by atoms with Crippen LogP contribution in [0.1, 0.15) is 42.4 Å². The van der Waals surface area contributed by atoms with Crippen molar-refractivity contribution in [2.75, 3.05) is 14.2 Å². The van der Waals surface area contributed by atoms with E-state index in [1.165, 1.54) is 19.2 Å². The van der Waals surface area contributed by atoms with Crippen LogP contribution in [-0.4, -0.2) is 34.7 Å². The van der Waals surface area contributed by atoms with Gasteiger partial charge in [-0.15, -0.1) is 0 Å². The Kier molecular flexibility index (Phi) is 7.81. The number of carbonyl (C=O) groups excluding carboxylic acids is 1. The summed E-state index contributed by atoms with van der Waals surface area (Å²) >= 11 is 0. The molecule has 6 nitrogen and oxygen atoms in total. The zero-order chi connectivity index (χ0) is 21.6. The molecule has 0 N–H and O–H groups in total. The molecule has 0 aromatic heterocycles. The van der Waals surface area contributed by atoms with Gasteiger partial charge in [0.2, 0.25) is 0 Å². The van der Waals surface area contributed by atoms with E-state index < -0.39 is 16.2 Å². The van der Waals surface area contributed by atoms with Crippen molar-refractivity contribution in [3.05, 3.63) is 59.2 Å². The van der Waals surface area contributed by atoms with E-state index in [1.54, 1.807) is 26.2 Å². The van der Waals surface area contributed by atoms with Crippen LogP contribution in [0.25, 0.3) is 0 Å². The maximum absolute atomic E-state index is 12.7. The number of benzene rings is 2. The lowest BCUT2D eigenvalue weighted by molar-refractivity contribution is -0.140. The van der Waals surface area contributed by atoms with Crippen molar-refractivity contribution in [2.24, 2.45) is 0 Å². The quantitative estimate of drug-likeness (QED) is 0.448. The Bertz CT molecular complexity index is 934. The van der Waals surface area contributed by atoms with Crippen LogP contribution < -0.4 is 4.74 Å². The molecule has 0 spiro atoms. The van der Waals surface area contributed by atoms with E-state index >= 15 is 0 Å². The number of methoxy groups -OCH3 is 2. The van der Waals surface area contributed by atoms with Gasteiger partial charge in [0.15, 0.2) is 0 Å². The van der Waals surface area contributed by atoms with Crippen molar-refractivity contribution in [3.63, 3.8) is 0 Å². The van der Waals surface area contributed by atoms with E-state index in [9.17, 15) is 13.2 Å². The molecule has 0 radical (unpaired) electrons. The van der Waals surface area contributed by atoms with Gasteiger partial charge in [-0.1, -0.05) is 29.8 Å². The maximum atomic E-state index is 12.7. The summed E-state index contributed by atoms with van der Waals surface area (Å²) in [5, 5.41) is 0. The van der Waals surface area contributed by atoms with Gasteiger partial charge in [0, 0.05) is 12.3 Å². The monoisotopic (exact) mass is 420 g/mol. The van der Waals surface area contributed by atoms with Crippen LogP contribution in [0.5, 0.6) is 5.75 Å². The minimum Gasteiger partial charge on any atom is -0.496 e. The molecule has 0 fully saturated rings. The normalized spacial score (nSPS) is 13.6. The van der Waals surface area contributed by atoms with E-state index in [1.807, 2.05) is 32.0 Å². The molecule has 2 aromatic carbocycles. The number of hydrogen-bond donors (Lipinski definition) is 0. The van der Waals surface area contributed by atoms with E-state index in [2.05, 4.69) is 0 Å². The number of aryl methyl sites for hydroxylation is 2. The second-order valence-corrected chi connectivity index (χ2v) is 8.61. The molecule has 0 heterocycles. The number of hydrogen-bond acceptors (Lipinski definition) is 6. The van der Waals surface area contributed by atoms with Gasteiger partial charge in [-0.05, 0) is 56.5 Å². The first-order valence-corrected chi connectivity index (χ1v) is 10.8. The first-order valence-electron chi connectivity index (χ1n) is 9.39. The van der Waals surface area contributed by atoms with Crippen LogP contribution in [0.4, 0.5) is 0 Å². The predicted octanol–water partition coefficient (Wildman–Crippen LogP) is 4.14. The molecule has 0 aliphatic carbocycles. The van der Waals surface area contributed by atoms with Crippen LogP contribution in [0.2, 0.25) is 0 Å². The molecule has 0 saturated heterocycles. The fraction of sp³-hybridized carbons (Fsp3) is 0.409. The summed E-state index contributed by atoms with van der Waals surface area (Å²) in [6, 6.07) is 12.2. The van der Waals surface area contributed by atoms with Crippen molar-refractivity contribution in [1.29, 1.82) is 0 Å². The van der Waals surface area contributed by atoms with Gasteiger partial charge in [-0.3, -0.25) is 8.98 Å². The molecule has 0 saturated carbocycles. The molecule has 0 unspecified atom stereocenters. The zero-order valence-corrected chi connectivity index (χ0v) is 18.3. The average molecular weight is 421 g/mol. The fourth-order valence-electron chi connectivity index (χ4n) is 3.17. The maximum Gasteiger partial charge on any atom is 0.305 e. The Hall–Kier alpha value is -2.38. The van der Waals surface area contributed by atoms with Crippen molar-refractivity contribution < 1.29 is 26.9 Å². The van der Waals surface area contributed by atoms with Gasteiger partial charge in [-0.25, -0.2) is 0 Å². The van der Waals surface area contributed by atoms with Crippen LogP contribution in [0.15, 0.2) is 47.4 Å². The summed E-state index contributed by atoms with van der Waals surface area (Å²) in [6.45, 7) is 5.51. The van der Waals surface area contributed by atoms with Crippen molar-refractivity contribution in [3.8, 4) is 5.75 Å². The van der Waals surface area contributed by atoms with Gasteiger partial charge in [0.1, 0.15) is 5.75 Å². The third-order valence-corrected chi connectivity index (χ3v) is 6.24. The van der Waals surface area contributed by atoms with E-state index in [0.29, 0.717) is 12.2 Å². The predicted molar refractivity (Wildman–Crippen MR) is 111 cm³/mol. The van der Waals surface area contributed by atoms with Gasteiger partial charge >= 0.3 is 5.97 Å². The molecule has 7 heteroatoms. The second kappa shape index (κ2) is 9.89. The van der Waals surface area contributed by atoms with Crippen molar-refractivity contribution >= 4 is 16.1 Å². The molecule has 29 heavy (non-hydrogen) atoms. The Balaban J connectivity index is 2.34. The lowest BCUT2D eigenvalue weighted by Crippen LogP contribution is -2.24. The number of esters is 1. The lowest BCUT2D eigenvalue weighted by Gasteiger charge is -2.26. The van der Waals surface area contributed by atoms with Gasteiger partial charge in [0.05, 0.1) is 25.2 Å². The van der Waals surface area contributed by atoms with E-state index in [4.69, 9.17) is 13.7 Å². The number of rotatable bonds is 9. The summed E-state index contributed by atoms with van der Waals surface area (Å²) in [5.41, 5.74) is 2.75. The zero-order valence-electron chi connectivity index (χ0n) is 17.5. The van der Waals surface area contributed by atoms with Crippen molar-refractivity contribution in [1.82, 2.24) is 0 Å². The highest BCUT2D eigenvalue weighted by Crippen LogP contribution is 2.35. The van der Waals surface area contributed by atoms with Crippen LogP contribution in [0, 0.1) is 13.8 Å². The van der Waals surface area contributed by atoms with Gasteiger partial charge < -0.3 is 9.47 Å². The molecule has 158 valence electrons. The average Bonchev–Trinajstić information content (AvgIpc) is 2.68. The molecule has 0 aliphatic rings. The summed E-state index contributed by atoms with van der Waals surface area (Å²) in [6.07, 6.45) is -0.227. The fourth-order valence-corrected chi connectivity index (χ4v) is 4.28. The summed E-state index contributed by atoms with van der Waals surface area (Å²) in [4.78, 5) is 11.8. The molecule has 2 rings (SSSR count). The molecule has 0 amide bonds. The van der Waals surface area contributed by atoms with Gasteiger partial charge in [-0.2, -0.15) is 8.42 Å². The summed E-state index contributed by atoms with van der Waals surface area (Å²) in [5.74, 6) is -0.123. The van der Waals surface area contributed by atoms with Crippen molar-refractivity contribution in [2.45, 2.75) is 50.5 Å². The summed E-state index contributed by atoms with van der Waals surface area (Å²) in [7, 11) is -1.07. The number of carbonyl (C=O) groups is 1. The molecular weight excluding hydrogens is 392 g/mol. The van der Waals surface area contributed by atoms with E-state index in [-0.39, 0.29) is 23.2 Å². The molecule has 2 aromatic rings. The SMILES string of the molecule is COC(=O)CC[C@H](c1ccc(C)cc1OC)[C@@H](C)OS(=O)(=O)c1ccc(C)cc1. The molecule has 0 bridgehead atoms. The third kappa shape index (κ3) is 6.05. The number of ether oxygens (including phenoxy) is 2. The Morgan fingerprint density at radius 3 is 2.21 bits per heavy atom. The standard InChI is InChI=1S/C22H28O6S/c1-15-6-9-18(10-7-15)29(24,25)28-17(3)19(12-13-22(23)27-5)20-11-8-16(2)14-21(20)26-4/h6-11,14,17,19H,12-13H2,1-5H3/t17-,19+/m1/s1. The highest BCUT2D eigenvalue weighted by Gasteiger charge is 2.29. The molecular formula is C22H28O6S. The lowest BCUT2D eigenvalue weighted by atomic mass is 9.88. The molecule has 0 aliphatic heterocycles. The Morgan fingerprint density at radius 2 is 1.62 bits per heavy atom. The first-order chi connectivity index (χ1) is 13.7. The van der Waals surface area contributed by atoms with Crippen LogP contribution >= 0.6 is 0 Å². The Labute approximate surface area is 172 Å². The second-order valence-electron chi connectivity index (χ2n) is 7.04. The molecule has 2 atom stereocenters. The highest BCUT2D eigenvalue weighted by atomic mass is 32.2. The van der Waals surface area contributed by atoms with Gasteiger partial charge in [0.25, 0.3) is 10.1 Å².